The van der Waals surface area contributed by atoms with E-state index in [1.807, 2.05) is 36.4 Å². The normalized spacial score (nSPS) is 16.2. The van der Waals surface area contributed by atoms with E-state index in [2.05, 4.69) is 15.0 Å². The number of pyridine rings is 1. The predicted molar refractivity (Wildman–Crippen MR) is 94.2 cm³/mol. The summed E-state index contributed by atoms with van der Waals surface area (Å²) >= 11 is 1.26. The highest BCUT2D eigenvalue weighted by molar-refractivity contribution is 8.15. The van der Waals surface area contributed by atoms with Crippen molar-refractivity contribution in [2.24, 2.45) is 4.99 Å². The molecule has 0 spiro atoms. The molecule has 0 bridgehead atoms. The lowest BCUT2D eigenvalue weighted by Gasteiger charge is -2.15. The van der Waals surface area contributed by atoms with Crippen LogP contribution in [0.5, 0.6) is 0 Å². The Morgan fingerprint density at radius 1 is 1.21 bits per heavy atom. The van der Waals surface area contributed by atoms with Gasteiger partial charge in [0.25, 0.3) is 5.91 Å². The molecule has 0 saturated carbocycles. The summed E-state index contributed by atoms with van der Waals surface area (Å²) in [6, 6.07) is 12.8. The molecule has 1 aliphatic heterocycles. The molecule has 0 radical (unpaired) electrons. The fraction of sp³-hybridized carbons (Fsp3) is 0.0588. The third-order valence-corrected chi connectivity index (χ3v) is 4.58. The quantitative estimate of drug-likeness (QED) is 0.780. The fourth-order valence-electron chi connectivity index (χ4n) is 2.56. The van der Waals surface area contributed by atoms with Gasteiger partial charge in [0.15, 0.2) is 5.17 Å². The monoisotopic (exact) mass is 336 g/mol. The van der Waals surface area contributed by atoms with E-state index < -0.39 is 5.91 Å². The van der Waals surface area contributed by atoms with Crippen LogP contribution in [-0.2, 0) is 4.79 Å². The van der Waals surface area contributed by atoms with Crippen LogP contribution >= 0.6 is 11.8 Å². The Hall–Kier alpha value is -2.93. The maximum atomic E-state index is 12.6. The highest BCUT2D eigenvalue weighted by Gasteiger charge is 2.30. The van der Waals surface area contributed by atoms with Gasteiger partial charge in [-0.1, -0.05) is 30.0 Å². The van der Waals surface area contributed by atoms with Crippen LogP contribution in [0.2, 0.25) is 0 Å². The fourth-order valence-corrected chi connectivity index (χ4v) is 3.42. The number of anilines is 1. The number of carbonyl (C=O) groups excluding carboxylic acids is 2. The Morgan fingerprint density at radius 3 is 2.88 bits per heavy atom. The molecule has 2 amide bonds. The zero-order chi connectivity index (χ0) is 16.5. The maximum Gasteiger partial charge on any atom is 0.281 e. The molecule has 1 fully saturated rings. The van der Waals surface area contributed by atoms with E-state index in [9.17, 15) is 9.59 Å². The van der Waals surface area contributed by atoms with Gasteiger partial charge in [-0.2, -0.15) is 4.99 Å². The number of hydrogen-bond acceptors (Lipinski definition) is 4. The first-order valence-corrected chi connectivity index (χ1v) is 8.28. The number of aliphatic imine (C=N–C) groups is 1. The number of amidine groups is 1. The number of rotatable bonds is 2. The number of benzene rings is 1. The molecule has 6 nitrogen and oxygen atoms in total. The number of nitrogens with one attached hydrogen (secondary N) is 1. The van der Waals surface area contributed by atoms with Crippen molar-refractivity contribution < 1.29 is 9.59 Å². The van der Waals surface area contributed by atoms with Crippen molar-refractivity contribution in [1.29, 1.82) is 0 Å². The molecule has 0 unspecified atom stereocenters. The van der Waals surface area contributed by atoms with Gasteiger partial charge in [-0.05, 0) is 24.3 Å². The number of aromatic amines is 1. The number of para-hydroxylation sites is 1. The van der Waals surface area contributed by atoms with Gasteiger partial charge in [0.1, 0.15) is 5.65 Å². The summed E-state index contributed by atoms with van der Waals surface area (Å²) in [5, 5.41) is 1.11. The Labute approximate surface area is 141 Å². The number of amides is 2. The third-order valence-electron chi connectivity index (χ3n) is 3.66. The molecule has 1 aliphatic rings. The summed E-state index contributed by atoms with van der Waals surface area (Å²) in [6.45, 7) is 0. The van der Waals surface area contributed by atoms with E-state index in [4.69, 9.17) is 0 Å². The number of aromatic nitrogens is 2. The van der Waals surface area contributed by atoms with Gasteiger partial charge in [-0.3, -0.25) is 14.5 Å². The second-order valence-electron chi connectivity index (χ2n) is 5.15. The lowest BCUT2D eigenvalue weighted by atomic mass is 10.2. The van der Waals surface area contributed by atoms with E-state index >= 15 is 0 Å². The number of nitrogens with zero attached hydrogens (tertiary/aromatic N) is 3. The van der Waals surface area contributed by atoms with E-state index in [1.54, 1.807) is 18.5 Å². The van der Waals surface area contributed by atoms with Gasteiger partial charge in [-0.15, -0.1) is 0 Å². The highest BCUT2D eigenvalue weighted by atomic mass is 32.2. The molecule has 1 aromatic carbocycles. The largest absolute Gasteiger partial charge is 0.345 e. The van der Waals surface area contributed by atoms with Crippen LogP contribution in [0, 0.1) is 0 Å². The van der Waals surface area contributed by atoms with Crippen molar-refractivity contribution in [3.05, 3.63) is 60.4 Å². The summed E-state index contributed by atoms with van der Waals surface area (Å²) in [5.41, 5.74) is 1.79. The number of hydrogen-bond donors (Lipinski definition) is 1. The summed E-state index contributed by atoms with van der Waals surface area (Å²) in [4.78, 5) is 37.5. The van der Waals surface area contributed by atoms with Crippen LogP contribution < -0.4 is 4.90 Å². The van der Waals surface area contributed by atoms with Gasteiger partial charge in [0.05, 0.1) is 17.0 Å². The molecule has 3 aromatic rings. The smallest absolute Gasteiger partial charge is 0.281 e. The molecule has 7 heteroatoms. The number of carbonyl (C=O) groups is 2. The maximum absolute atomic E-state index is 12.6. The molecular weight excluding hydrogens is 324 g/mol. The minimum absolute atomic E-state index is 0.0849. The molecule has 118 valence electrons. The van der Waals surface area contributed by atoms with Gasteiger partial charge in [0.2, 0.25) is 5.91 Å². The molecule has 4 rings (SSSR count). The summed E-state index contributed by atoms with van der Waals surface area (Å²) in [6.07, 6.45) is 3.25. The molecule has 1 saturated heterocycles. The second kappa shape index (κ2) is 5.93. The minimum Gasteiger partial charge on any atom is -0.345 e. The molecule has 0 aliphatic carbocycles. The van der Waals surface area contributed by atoms with Crippen LogP contribution in [-0.4, -0.2) is 32.7 Å². The number of thioether (sulfide) groups is 1. The van der Waals surface area contributed by atoms with Gasteiger partial charge in [0, 0.05) is 17.8 Å². The molecule has 3 heterocycles. The average molecular weight is 336 g/mol. The van der Waals surface area contributed by atoms with E-state index in [0.29, 0.717) is 27.5 Å². The molecule has 1 N–H and O–H groups in total. The van der Waals surface area contributed by atoms with Crippen molar-refractivity contribution in [2.75, 3.05) is 10.7 Å². The van der Waals surface area contributed by atoms with Crippen molar-refractivity contribution in [1.82, 2.24) is 9.97 Å². The Morgan fingerprint density at radius 2 is 2.04 bits per heavy atom. The lowest BCUT2D eigenvalue weighted by molar-refractivity contribution is -0.115. The Balaban J connectivity index is 1.71. The van der Waals surface area contributed by atoms with Crippen LogP contribution in [0.3, 0.4) is 0 Å². The number of fused-ring (bicyclic) bond motifs is 1. The van der Waals surface area contributed by atoms with E-state index in [0.717, 1.165) is 0 Å². The Kier molecular flexibility index (Phi) is 3.62. The van der Waals surface area contributed by atoms with Gasteiger partial charge in [-0.25, -0.2) is 4.98 Å². The van der Waals surface area contributed by atoms with Crippen molar-refractivity contribution >= 4 is 45.5 Å². The van der Waals surface area contributed by atoms with Gasteiger partial charge < -0.3 is 4.98 Å². The highest BCUT2D eigenvalue weighted by Crippen LogP contribution is 2.27. The first-order chi connectivity index (χ1) is 11.7. The van der Waals surface area contributed by atoms with Crippen molar-refractivity contribution in [3.8, 4) is 0 Å². The van der Waals surface area contributed by atoms with Crippen LogP contribution in [0.25, 0.3) is 11.0 Å². The van der Waals surface area contributed by atoms with E-state index in [-0.39, 0.29) is 11.7 Å². The van der Waals surface area contributed by atoms with Crippen molar-refractivity contribution in [2.45, 2.75) is 0 Å². The number of H-pyrrole nitrogens is 1. The SMILES string of the molecule is O=C(/N=C1\SCC(=O)N1c1ccccc1)c1c[nH]c2ncccc12. The predicted octanol–water partition coefficient (Wildman–Crippen LogP) is 2.84. The standard InChI is InChI=1S/C17H12N4O2S/c22-14-10-24-17(21(14)11-5-2-1-3-6-11)20-16(23)13-9-19-15-12(13)7-4-8-18-15/h1-9H,10H2,(H,18,19)/b20-17-. The molecule has 2 aromatic heterocycles. The Bertz CT molecular complexity index is 965. The van der Waals surface area contributed by atoms with Crippen LogP contribution in [0.1, 0.15) is 10.4 Å². The van der Waals surface area contributed by atoms with Crippen LogP contribution in [0.15, 0.2) is 59.9 Å². The zero-order valence-electron chi connectivity index (χ0n) is 12.5. The first kappa shape index (κ1) is 14.6. The molecular formula is C17H12N4O2S. The molecule has 0 atom stereocenters. The minimum atomic E-state index is -0.396. The van der Waals surface area contributed by atoms with E-state index in [1.165, 1.54) is 16.7 Å². The topological polar surface area (TPSA) is 78.4 Å². The first-order valence-electron chi connectivity index (χ1n) is 7.30. The van der Waals surface area contributed by atoms with Gasteiger partial charge >= 0.3 is 0 Å². The second-order valence-corrected chi connectivity index (χ2v) is 6.10. The third kappa shape index (κ3) is 2.48. The zero-order valence-corrected chi connectivity index (χ0v) is 13.3. The van der Waals surface area contributed by atoms with Crippen molar-refractivity contribution in [3.63, 3.8) is 0 Å². The summed E-state index contributed by atoms with van der Waals surface area (Å²) in [5.74, 6) is -0.207. The van der Waals surface area contributed by atoms with Crippen LogP contribution in [0.4, 0.5) is 5.69 Å². The lowest BCUT2D eigenvalue weighted by Crippen LogP contribution is -2.29. The summed E-state index contributed by atoms with van der Waals surface area (Å²) < 4.78 is 0. The summed E-state index contributed by atoms with van der Waals surface area (Å²) in [7, 11) is 0. The average Bonchev–Trinajstić information content (AvgIpc) is 3.19. The molecule has 24 heavy (non-hydrogen) atoms.